The van der Waals surface area contributed by atoms with E-state index in [0.717, 1.165) is 22.2 Å². The molecule has 0 amide bonds. The second kappa shape index (κ2) is 3.06. The fourth-order valence-electron chi connectivity index (χ4n) is 1.80. The molecular weight excluding hydrogens is 204 g/mol. The van der Waals surface area contributed by atoms with E-state index in [9.17, 15) is 0 Å². The molecule has 80 valence electrons. The van der Waals surface area contributed by atoms with Crippen LogP contribution >= 0.6 is 0 Å². The number of aromatic nitrogens is 5. The van der Waals surface area contributed by atoms with Gasteiger partial charge in [0.1, 0.15) is 17.3 Å². The van der Waals surface area contributed by atoms with Gasteiger partial charge in [-0.25, -0.2) is 9.97 Å². The molecule has 0 bridgehead atoms. The summed E-state index contributed by atoms with van der Waals surface area (Å²) >= 11 is 0. The Kier molecular flexibility index (Phi) is 1.70. The number of nitrogens with two attached hydrogens (primary N) is 1. The van der Waals surface area contributed by atoms with Gasteiger partial charge in [0, 0.05) is 23.5 Å². The third-order valence-electron chi connectivity index (χ3n) is 2.48. The first kappa shape index (κ1) is 8.90. The third-order valence-corrected chi connectivity index (χ3v) is 2.48. The minimum Gasteiger partial charge on any atom is -0.383 e. The summed E-state index contributed by atoms with van der Waals surface area (Å²) in [6, 6.07) is 0. The summed E-state index contributed by atoms with van der Waals surface area (Å²) in [6.07, 6.45) is 5.41. The fraction of sp³-hybridized carbons (Fsp3) is 0.100. The maximum absolute atomic E-state index is 5.91. The van der Waals surface area contributed by atoms with Crippen molar-refractivity contribution in [2.75, 3.05) is 5.73 Å². The van der Waals surface area contributed by atoms with Crippen LogP contribution in [0.5, 0.6) is 0 Å². The highest BCUT2D eigenvalue weighted by Crippen LogP contribution is 2.29. The number of anilines is 1. The van der Waals surface area contributed by atoms with Gasteiger partial charge in [0.25, 0.3) is 0 Å². The predicted molar refractivity (Wildman–Crippen MR) is 60.6 cm³/mol. The number of nitrogen functional groups attached to an aromatic ring is 1. The predicted octanol–water partition coefficient (Wildman–Crippen LogP) is 1.24. The van der Waals surface area contributed by atoms with E-state index >= 15 is 0 Å². The first-order chi connectivity index (χ1) is 7.75. The molecule has 6 nitrogen and oxygen atoms in total. The number of aryl methyl sites for hydroxylation is 1. The average molecular weight is 214 g/mol. The smallest absolute Gasteiger partial charge is 0.143 e. The molecule has 0 saturated carbocycles. The molecule has 0 fully saturated rings. The van der Waals surface area contributed by atoms with Crippen LogP contribution in [0.4, 0.5) is 5.82 Å². The van der Waals surface area contributed by atoms with Gasteiger partial charge in [-0.3, -0.25) is 5.10 Å². The Hall–Kier alpha value is -2.37. The summed E-state index contributed by atoms with van der Waals surface area (Å²) < 4.78 is 0. The zero-order valence-electron chi connectivity index (χ0n) is 8.65. The van der Waals surface area contributed by atoms with Crippen molar-refractivity contribution in [3.63, 3.8) is 0 Å². The molecule has 0 aliphatic heterocycles. The Balaban J connectivity index is 2.36. The van der Waals surface area contributed by atoms with Gasteiger partial charge in [0.15, 0.2) is 0 Å². The van der Waals surface area contributed by atoms with Crippen LogP contribution < -0.4 is 5.73 Å². The van der Waals surface area contributed by atoms with E-state index in [1.54, 1.807) is 6.20 Å². The van der Waals surface area contributed by atoms with Crippen LogP contribution in [0, 0.1) is 6.92 Å². The van der Waals surface area contributed by atoms with Gasteiger partial charge in [0.05, 0.1) is 11.6 Å². The largest absolute Gasteiger partial charge is 0.383 e. The summed E-state index contributed by atoms with van der Waals surface area (Å²) in [5.74, 6) is 1.14. The highest BCUT2D eigenvalue weighted by Gasteiger charge is 2.12. The van der Waals surface area contributed by atoms with Crippen LogP contribution in [0.25, 0.3) is 22.2 Å². The van der Waals surface area contributed by atoms with Crippen molar-refractivity contribution in [1.29, 1.82) is 0 Å². The van der Waals surface area contributed by atoms with E-state index in [0.29, 0.717) is 11.6 Å². The number of nitrogens with zero attached hydrogens (tertiary/aromatic N) is 3. The Labute approximate surface area is 90.9 Å². The summed E-state index contributed by atoms with van der Waals surface area (Å²) in [4.78, 5) is 11.5. The molecule has 0 aromatic carbocycles. The van der Waals surface area contributed by atoms with Gasteiger partial charge in [-0.2, -0.15) is 5.10 Å². The topological polar surface area (TPSA) is 96.3 Å². The highest BCUT2D eigenvalue weighted by atomic mass is 15.1. The molecule has 3 aromatic rings. The van der Waals surface area contributed by atoms with Crippen molar-refractivity contribution in [3.05, 3.63) is 24.4 Å². The highest BCUT2D eigenvalue weighted by molar-refractivity contribution is 5.99. The third kappa shape index (κ3) is 1.16. The van der Waals surface area contributed by atoms with Gasteiger partial charge < -0.3 is 10.7 Å². The lowest BCUT2D eigenvalue weighted by Crippen LogP contribution is -1.96. The van der Waals surface area contributed by atoms with E-state index in [4.69, 9.17) is 5.73 Å². The second-order valence-electron chi connectivity index (χ2n) is 3.57. The van der Waals surface area contributed by atoms with E-state index < -0.39 is 0 Å². The van der Waals surface area contributed by atoms with Crippen LogP contribution in [0.1, 0.15) is 5.82 Å². The van der Waals surface area contributed by atoms with E-state index in [-0.39, 0.29) is 0 Å². The molecular formula is C10H10N6. The standard InChI is InChI=1S/C10H10N6/c1-5-15-9(11)8-7(4-12-10(8)16-5)6-2-13-14-3-6/h2-4H,1H3,(H,13,14)(H3,11,12,15,16). The van der Waals surface area contributed by atoms with Gasteiger partial charge in [-0.15, -0.1) is 0 Å². The Morgan fingerprint density at radius 1 is 1.25 bits per heavy atom. The maximum atomic E-state index is 5.91. The quantitative estimate of drug-likeness (QED) is 0.567. The molecule has 0 saturated heterocycles. The lowest BCUT2D eigenvalue weighted by atomic mass is 10.1. The molecule has 0 radical (unpaired) electrons. The minimum absolute atomic E-state index is 0.486. The molecule has 0 aliphatic rings. The number of H-pyrrole nitrogens is 2. The molecule has 3 heterocycles. The molecule has 3 rings (SSSR count). The number of hydrogen-bond acceptors (Lipinski definition) is 4. The number of hydrogen-bond donors (Lipinski definition) is 3. The zero-order chi connectivity index (χ0) is 11.1. The van der Waals surface area contributed by atoms with Crippen molar-refractivity contribution in [3.8, 4) is 11.1 Å². The molecule has 6 heteroatoms. The fourth-order valence-corrected chi connectivity index (χ4v) is 1.80. The van der Waals surface area contributed by atoms with Crippen LogP contribution in [-0.2, 0) is 0 Å². The normalized spacial score (nSPS) is 11.1. The SMILES string of the molecule is Cc1nc(N)c2c(-c3cn[nH]c3)c[nH]c2n1. The number of rotatable bonds is 1. The Morgan fingerprint density at radius 2 is 2.12 bits per heavy atom. The molecule has 0 spiro atoms. The monoisotopic (exact) mass is 214 g/mol. The van der Waals surface area contributed by atoms with Crippen molar-refractivity contribution in [2.24, 2.45) is 0 Å². The van der Waals surface area contributed by atoms with E-state index in [1.165, 1.54) is 0 Å². The van der Waals surface area contributed by atoms with Gasteiger partial charge >= 0.3 is 0 Å². The van der Waals surface area contributed by atoms with Crippen LogP contribution in [-0.4, -0.2) is 25.1 Å². The maximum Gasteiger partial charge on any atom is 0.143 e. The Bertz CT molecular complexity index is 637. The molecule has 4 N–H and O–H groups in total. The van der Waals surface area contributed by atoms with E-state index in [2.05, 4.69) is 25.1 Å². The first-order valence-electron chi connectivity index (χ1n) is 4.86. The van der Waals surface area contributed by atoms with Crippen molar-refractivity contribution < 1.29 is 0 Å². The number of nitrogens with one attached hydrogen (secondary N) is 2. The molecule has 0 atom stereocenters. The van der Waals surface area contributed by atoms with Gasteiger partial charge in [-0.05, 0) is 6.92 Å². The Morgan fingerprint density at radius 3 is 2.88 bits per heavy atom. The van der Waals surface area contributed by atoms with Crippen molar-refractivity contribution in [2.45, 2.75) is 6.92 Å². The average Bonchev–Trinajstić information content (AvgIpc) is 2.82. The summed E-state index contributed by atoms with van der Waals surface area (Å²) in [5, 5.41) is 7.52. The van der Waals surface area contributed by atoms with Gasteiger partial charge in [0.2, 0.25) is 0 Å². The van der Waals surface area contributed by atoms with Crippen molar-refractivity contribution in [1.82, 2.24) is 25.1 Å². The molecule has 3 aromatic heterocycles. The number of fused-ring (bicyclic) bond motifs is 1. The first-order valence-corrected chi connectivity index (χ1v) is 4.86. The number of aromatic amines is 2. The van der Waals surface area contributed by atoms with Gasteiger partial charge in [-0.1, -0.05) is 0 Å². The zero-order valence-corrected chi connectivity index (χ0v) is 8.65. The van der Waals surface area contributed by atoms with E-state index in [1.807, 2.05) is 19.3 Å². The lowest BCUT2D eigenvalue weighted by Gasteiger charge is -1.99. The molecule has 0 aliphatic carbocycles. The van der Waals surface area contributed by atoms with Crippen LogP contribution in [0.2, 0.25) is 0 Å². The van der Waals surface area contributed by atoms with Crippen molar-refractivity contribution >= 4 is 16.9 Å². The summed E-state index contributed by atoms with van der Waals surface area (Å²) in [7, 11) is 0. The minimum atomic E-state index is 0.486. The second-order valence-corrected chi connectivity index (χ2v) is 3.57. The summed E-state index contributed by atoms with van der Waals surface area (Å²) in [6.45, 7) is 1.81. The van der Waals surface area contributed by atoms with Crippen LogP contribution in [0.15, 0.2) is 18.6 Å². The van der Waals surface area contributed by atoms with Crippen LogP contribution in [0.3, 0.4) is 0 Å². The molecule has 16 heavy (non-hydrogen) atoms. The lowest BCUT2D eigenvalue weighted by molar-refractivity contribution is 1.09. The molecule has 0 unspecified atom stereocenters. The summed E-state index contributed by atoms with van der Waals surface area (Å²) in [5.41, 5.74) is 8.58.